The van der Waals surface area contributed by atoms with Gasteiger partial charge in [0, 0.05) is 25.1 Å². The normalized spacial score (nSPS) is 20.2. The first-order chi connectivity index (χ1) is 24.4. The van der Waals surface area contributed by atoms with Crippen molar-refractivity contribution in [2.45, 2.75) is 69.1 Å². The van der Waals surface area contributed by atoms with E-state index in [9.17, 15) is 38.7 Å². The van der Waals surface area contributed by atoms with Crippen LogP contribution < -0.4 is 43.0 Å². The number of nitrogens with two attached hydrogens (primary N) is 1. The van der Waals surface area contributed by atoms with E-state index in [1.165, 1.54) is 0 Å². The Morgan fingerprint density at radius 1 is 0.706 bits per heavy atom. The number of unbranched alkanes of at least 4 members (excludes halogenated alkanes) is 1. The van der Waals surface area contributed by atoms with Gasteiger partial charge in [0.2, 0.25) is 29.5 Å². The highest BCUT2D eigenvalue weighted by Crippen LogP contribution is 2.09. The lowest BCUT2D eigenvalue weighted by Gasteiger charge is -2.26. The first-order valence-electron chi connectivity index (χ1n) is 16.6. The molecule has 11 N–H and O–H groups in total. The summed E-state index contributed by atoms with van der Waals surface area (Å²) in [4.78, 5) is 90.9. The molecule has 1 aliphatic heterocycles. The maximum Gasteiger partial charge on any atom is 0.305 e. The molecule has 0 aromatic heterocycles. The summed E-state index contributed by atoms with van der Waals surface area (Å²) in [6.45, 7) is -0.151. The average molecular weight is 708 g/mol. The van der Waals surface area contributed by atoms with Crippen LogP contribution in [-0.2, 0) is 35.2 Å². The van der Waals surface area contributed by atoms with Gasteiger partial charge in [-0.25, -0.2) is 0 Å². The minimum absolute atomic E-state index is 0.0299. The zero-order chi connectivity index (χ0) is 37.2. The standard InChI is InChI=1S/C34H45N9O8/c35-34(36)38-17-9-15-23-30(48)39-20-27(44)40-26(19-28(45)46)33(51)43-25(18-21-10-3-1-4-11-21)32(50)42-24(31(49)41-23)14-7-8-16-37-29(47)22-12-5-2-6-13-22/h1-6,10-13,23-26H,7-9,14-20H2,(H,37,47)(H,39,48)(H,40,44)(H,41,49)(H,42,50)(H,43,51)(H,45,46)(H4,35,36,38)/t23-,24-,25+,26-/m0/s1. The van der Waals surface area contributed by atoms with Crippen LogP contribution >= 0.6 is 0 Å². The summed E-state index contributed by atoms with van der Waals surface area (Å²) >= 11 is 0. The number of hydrogen-bond acceptors (Lipinski definition) is 8. The maximum absolute atomic E-state index is 13.8. The van der Waals surface area contributed by atoms with Gasteiger partial charge in [-0.05, 0) is 49.8 Å². The highest BCUT2D eigenvalue weighted by molar-refractivity contribution is 5.98. The quantitative estimate of drug-likeness (QED) is 0.0625. The summed E-state index contributed by atoms with van der Waals surface area (Å²) in [5.74, 6) is -5.97. The molecule has 0 bridgehead atoms. The molecular formula is C34H45N9O8. The van der Waals surface area contributed by atoms with Gasteiger partial charge in [0.15, 0.2) is 5.96 Å². The first-order valence-corrected chi connectivity index (χ1v) is 16.6. The molecule has 0 spiro atoms. The number of carboxylic acid groups (broad SMARTS) is 1. The molecule has 0 saturated carbocycles. The average Bonchev–Trinajstić information content (AvgIpc) is 3.10. The van der Waals surface area contributed by atoms with Gasteiger partial charge >= 0.3 is 5.97 Å². The third-order valence-electron chi connectivity index (χ3n) is 7.86. The van der Waals surface area contributed by atoms with Crippen LogP contribution in [0.5, 0.6) is 0 Å². The zero-order valence-electron chi connectivity index (χ0n) is 28.0. The van der Waals surface area contributed by atoms with E-state index in [-0.39, 0.29) is 50.6 Å². The Balaban J connectivity index is 1.86. The molecule has 274 valence electrons. The monoisotopic (exact) mass is 707 g/mol. The van der Waals surface area contributed by atoms with Crippen LogP contribution in [0.2, 0.25) is 0 Å². The van der Waals surface area contributed by atoms with Crippen LogP contribution in [0.1, 0.15) is 54.4 Å². The maximum atomic E-state index is 13.8. The Labute approximate surface area is 294 Å². The summed E-state index contributed by atoms with van der Waals surface area (Å²) in [5.41, 5.74) is 6.48. The molecule has 1 aliphatic rings. The third-order valence-corrected chi connectivity index (χ3v) is 7.86. The molecule has 0 radical (unpaired) electrons. The second kappa shape index (κ2) is 20.5. The summed E-state index contributed by atoms with van der Waals surface area (Å²) in [6.07, 6.45) is 0.394. The minimum atomic E-state index is -1.58. The lowest BCUT2D eigenvalue weighted by molar-refractivity contribution is -0.141. The van der Waals surface area contributed by atoms with Crippen molar-refractivity contribution in [2.24, 2.45) is 5.73 Å². The summed E-state index contributed by atoms with van der Waals surface area (Å²) in [6, 6.07) is 12.1. The van der Waals surface area contributed by atoms with Gasteiger partial charge < -0.3 is 48.1 Å². The first kappa shape index (κ1) is 39.4. The van der Waals surface area contributed by atoms with Crippen molar-refractivity contribution < 1.29 is 38.7 Å². The van der Waals surface area contributed by atoms with Crippen LogP contribution in [0.4, 0.5) is 0 Å². The van der Waals surface area contributed by atoms with Crippen LogP contribution in [0.25, 0.3) is 0 Å². The van der Waals surface area contributed by atoms with Crippen LogP contribution in [0.15, 0.2) is 60.7 Å². The van der Waals surface area contributed by atoms with E-state index in [2.05, 4.69) is 37.2 Å². The van der Waals surface area contributed by atoms with E-state index in [0.29, 0.717) is 24.0 Å². The fourth-order valence-corrected chi connectivity index (χ4v) is 5.23. The van der Waals surface area contributed by atoms with E-state index in [4.69, 9.17) is 11.1 Å². The topological polar surface area (TPSA) is 274 Å². The number of guanidine groups is 1. The zero-order valence-corrected chi connectivity index (χ0v) is 28.0. The van der Waals surface area contributed by atoms with Crippen molar-refractivity contribution in [3.05, 3.63) is 71.8 Å². The van der Waals surface area contributed by atoms with Gasteiger partial charge in [-0.3, -0.25) is 39.0 Å². The van der Waals surface area contributed by atoms with Gasteiger partial charge in [0.1, 0.15) is 24.2 Å². The highest BCUT2D eigenvalue weighted by Gasteiger charge is 2.33. The molecule has 51 heavy (non-hydrogen) atoms. The lowest BCUT2D eigenvalue weighted by atomic mass is 10.0. The molecule has 4 atom stereocenters. The van der Waals surface area contributed by atoms with Crippen molar-refractivity contribution in [3.8, 4) is 0 Å². The van der Waals surface area contributed by atoms with E-state index in [1.807, 2.05) is 0 Å². The molecule has 17 heteroatoms. The molecular weight excluding hydrogens is 662 g/mol. The number of hydrogen-bond donors (Lipinski definition) is 10. The molecule has 1 heterocycles. The fraction of sp³-hybridized carbons (Fsp3) is 0.412. The van der Waals surface area contributed by atoms with Crippen molar-refractivity contribution in [1.29, 1.82) is 5.41 Å². The number of carbonyl (C=O) groups is 7. The van der Waals surface area contributed by atoms with Gasteiger partial charge in [-0.1, -0.05) is 48.5 Å². The number of nitrogens with one attached hydrogen (secondary N) is 8. The van der Waals surface area contributed by atoms with Gasteiger partial charge in [-0.15, -0.1) is 0 Å². The molecule has 2 aromatic carbocycles. The van der Waals surface area contributed by atoms with Crippen molar-refractivity contribution >= 4 is 47.4 Å². The summed E-state index contributed by atoms with van der Waals surface area (Å²) in [7, 11) is 0. The molecule has 3 rings (SSSR count). The van der Waals surface area contributed by atoms with Gasteiger partial charge in [0.25, 0.3) is 5.91 Å². The van der Waals surface area contributed by atoms with E-state index in [0.717, 1.165) is 0 Å². The predicted octanol–water partition coefficient (Wildman–Crippen LogP) is -1.36. The smallest absolute Gasteiger partial charge is 0.305 e. The Morgan fingerprint density at radius 2 is 1.25 bits per heavy atom. The molecule has 0 unspecified atom stereocenters. The number of amides is 6. The molecule has 1 saturated heterocycles. The highest BCUT2D eigenvalue weighted by atomic mass is 16.4. The van der Waals surface area contributed by atoms with Crippen LogP contribution in [0.3, 0.4) is 0 Å². The van der Waals surface area contributed by atoms with Crippen molar-refractivity contribution in [1.82, 2.24) is 37.2 Å². The van der Waals surface area contributed by atoms with Crippen molar-refractivity contribution in [3.63, 3.8) is 0 Å². The van der Waals surface area contributed by atoms with E-state index >= 15 is 0 Å². The molecule has 0 aliphatic carbocycles. The largest absolute Gasteiger partial charge is 0.481 e. The van der Waals surface area contributed by atoms with Crippen LogP contribution in [0, 0.1) is 5.41 Å². The minimum Gasteiger partial charge on any atom is -0.481 e. The number of benzene rings is 2. The summed E-state index contributed by atoms with van der Waals surface area (Å²) in [5, 5.41) is 34.8. The molecule has 2 aromatic rings. The molecule has 17 nitrogen and oxygen atoms in total. The van der Waals surface area contributed by atoms with Crippen LogP contribution in [-0.4, -0.2) is 96.3 Å². The number of carboxylic acids is 1. The SMILES string of the molecule is N=C(N)NCCC[C@@H]1NC(=O)[C@H](CCCCNC(=O)c2ccccc2)NC(=O)[C@@H](Cc2ccccc2)NC(=O)[C@H](CC(=O)O)NC(=O)CNC1=O. The Hall–Kier alpha value is -6.00. The lowest BCUT2D eigenvalue weighted by Crippen LogP contribution is -2.58. The Bertz CT molecular complexity index is 1540. The Morgan fingerprint density at radius 3 is 1.90 bits per heavy atom. The van der Waals surface area contributed by atoms with Crippen molar-refractivity contribution in [2.75, 3.05) is 19.6 Å². The number of carbonyl (C=O) groups excluding carboxylic acids is 6. The predicted molar refractivity (Wildman–Crippen MR) is 185 cm³/mol. The fourth-order valence-electron chi connectivity index (χ4n) is 5.23. The second-order valence-corrected chi connectivity index (χ2v) is 11.9. The van der Waals surface area contributed by atoms with Gasteiger partial charge in [0.05, 0.1) is 13.0 Å². The number of rotatable bonds is 14. The van der Waals surface area contributed by atoms with E-state index < -0.39 is 72.6 Å². The second-order valence-electron chi connectivity index (χ2n) is 11.9. The van der Waals surface area contributed by atoms with E-state index in [1.54, 1.807) is 60.7 Å². The molecule has 6 amide bonds. The molecule has 1 fully saturated rings. The van der Waals surface area contributed by atoms with Gasteiger partial charge in [-0.2, -0.15) is 0 Å². The number of aliphatic carboxylic acids is 1. The summed E-state index contributed by atoms with van der Waals surface area (Å²) < 4.78 is 0. The third kappa shape index (κ3) is 14.2. The Kier molecular flexibility index (Phi) is 15.9.